The smallest absolute Gasteiger partial charge is 0.227 e. The summed E-state index contributed by atoms with van der Waals surface area (Å²) in [5, 5.41) is 15.0. The van der Waals surface area contributed by atoms with Crippen molar-refractivity contribution >= 4 is 29.1 Å². The Bertz CT molecular complexity index is 1680. The molecule has 0 fully saturated rings. The monoisotopic (exact) mass is 584 g/mol. The van der Waals surface area contributed by atoms with Gasteiger partial charge in [0, 0.05) is 37.2 Å². The van der Waals surface area contributed by atoms with Crippen molar-refractivity contribution in [2.24, 2.45) is 0 Å². The minimum atomic E-state index is -0.201. The van der Waals surface area contributed by atoms with E-state index in [1.54, 1.807) is 42.8 Å². The van der Waals surface area contributed by atoms with Crippen molar-refractivity contribution in [1.29, 1.82) is 0 Å². The minimum absolute atomic E-state index is 0.201. The summed E-state index contributed by atoms with van der Waals surface area (Å²) in [7, 11) is 1.67. The highest BCUT2D eigenvalue weighted by molar-refractivity contribution is 6.32. The highest BCUT2D eigenvalue weighted by Gasteiger charge is 2.21. The summed E-state index contributed by atoms with van der Waals surface area (Å²) in [5.74, 6) is 3.44. The lowest BCUT2D eigenvalue weighted by Crippen LogP contribution is -2.31. The van der Waals surface area contributed by atoms with Crippen LogP contribution in [-0.4, -0.2) is 59.9 Å². The lowest BCUT2D eigenvalue weighted by molar-refractivity contribution is 0.193. The molecule has 5 aromatic rings. The molecule has 1 aliphatic heterocycles. The number of aromatic nitrogens is 8. The van der Waals surface area contributed by atoms with Crippen molar-refractivity contribution in [2.75, 3.05) is 23.9 Å². The van der Waals surface area contributed by atoms with Crippen LogP contribution in [0.2, 0.25) is 5.02 Å². The number of ether oxygens (including phenoxy) is 2. The summed E-state index contributed by atoms with van der Waals surface area (Å²) < 4.78 is 13.4. The maximum absolute atomic E-state index is 6.42. The van der Waals surface area contributed by atoms with E-state index in [2.05, 4.69) is 57.8 Å². The van der Waals surface area contributed by atoms with Crippen LogP contribution in [0.25, 0.3) is 11.1 Å². The number of benzene rings is 2. The van der Waals surface area contributed by atoms with Gasteiger partial charge in [-0.2, -0.15) is 0 Å². The molecule has 0 saturated carbocycles. The van der Waals surface area contributed by atoms with Gasteiger partial charge in [0.05, 0.1) is 24.4 Å². The zero-order chi connectivity index (χ0) is 29.1. The van der Waals surface area contributed by atoms with Gasteiger partial charge in [-0.3, -0.25) is 0 Å². The molecule has 0 bridgehead atoms. The molecule has 0 saturated heterocycles. The Hall–Kier alpha value is -4.84. The third-order valence-electron chi connectivity index (χ3n) is 6.95. The van der Waals surface area contributed by atoms with Crippen LogP contribution in [0.3, 0.4) is 0 Å². The standard InChI is InChI=1S/C29H29ClN10O2/c1-18(15-40-17-34-37-38-40)42-26-11-20(4-5-24(26)30)23-13-32-29(33-14-23)36-25-10-22-16-39(28-6-8-31-19(2)35-28)9-7-21(22)12-27(25)41-3/h4-6,8,10-14,17-18H,7,9,15-16H2,1-3H3,(H,32,33,36)/t18-/m0/s1. The van der Waals surface area contributed by atoms with Gasteiger partial charge in [-0.05, 0) is 77.7 Å². The summed E-state index contributed by atoms with van der Waals surface area (Å²) >= 11 is 6.42. The molecule has 0 aliphatic carbocycles. The van der Waals surface area contributed by atoms with E-state index in [1.807, 2.05) is 32.0 Å². The zero-order valence-electron chi connectivity index (χ0n) is 23.4. The van der Waals surface area contributed by atoms with Gasteiger partial charge in [-0.1, -0.05) is 17.7 Å². The van der Waals surface area contributed by atoms with E-state index in [0.29, 0.717) is 23.3 Å². The molecule has 1 aliphatic rings. The Balaban J connectivity index is 1.17. The Kier molecular flexibility index (Phi) is 7.78. The van der Waals surface area contributed by atoms with Gasteiger partial charge < -0.3 is 19.7 Å². The lowest BCUT2D eigenvalue weighted by atomic mass is 9.98. The van der Waals surface area contributed by atoms with E-state index >= 15 is 0 Å². The molecular formula is C29H29ClN10O2. The minimum Gasteiger partial charge on any atom is -0.495 e. The highest BCUT2D eigenvalue weighted by atomic mass is 35.5. The molecule has 0 unspecified atom stereocenters. The van der Waals surface area contributed by atoms with Gasteiger partial charge in [0.1, 0.15) is 35.6 Å². The van der Waals surface area contributed by atoms with Gasteiger partial charge >= 0.3 is 0 Å². The van der Waals surface area contributed by atoms with Crippen molar-refractivity contribution < 1.29 is 9.47 Å². The molecule has 3 aromatic heterocycles. The molecule has 4 heterocycles. The quantitative estimate of drug-likeness (QED) is 0.259. The second kappa shape index (κ2) is 12.0. The number of hydrogen-bond acceptors (Lipinski definition) is 11. The molecule has 12 nitrogen and oxygen atoms in total. The van der Waals surface area contributed by atoms with Crippen LogP contribution >= 0.6 is 11.6 Å². The van der Waals surface area contributed by atoms with Crippen LogP contribution in [-0.2, 0) is 19.5 Å². The number of nitrogens with zero attached hydrogens (tertiary/aromatic N) is 9. The molecule has 0 spiro atoms. The topological polar surface area (TPSA) is 129 Å². The molecule has 6 rings (SSSR count). The van der Waals surface area contributed by atoms with E-state index in [4.69, 9.17) is 21.1 Å². The van der Waals surface area contributed by atoms with Gasteiger partial charge in [0.15, 0.2) is 0 Å². The lowest BCUT2D eigenvalue weighted by Gasteiger charge is -2.30. The highest BCUT2D eigenvalue weighted by Crippen LogP contribution is 2.35. The Morgan fingerprint density at radius 2 is 1.88 bits per heavy atom. The van der Waals surface area contributed by atoms with Crippen LogP contribution in [0.1, 0.15) is 23.9 Å². The number of halogens is 1. The zero-order valence-corrected chi connectivity index (χ0v) is 24.2. The van der Waals surface area contributed by atoms with E-state index in [1.165, 1.54) is 11.1 Å². The van der Waals surface area contributed by atoms with E-state index in [0.717, 1.165) is 53.7 Å². The van der Waals surface area contributed by atoms with Crippen molar-refractivity contribution in [3.05, 3.63) is 83.3 Å². The summed E-state index contributed by atoms with van der Waals surface area (Å²) in [5.41, 5.74) is 4.94. The average molecular weight is 585 g/mol. The molecular weight excluding hydrogens is 556 g/mol. The number of anilines is 3. The summed E-state index contributed by atoms with van der Waals surface area (Å²) in [6, 6.07) is 11.7. The fourth-order valence-corrected chi connectivity index (χ4v) is 5.05. The number of aryl methyl sites for hydroxylation is 1. The van der Waals surface area contributed by atoms with Crippen LogP contribution in [0.5, 0.6) is 11.5 Å². The van der Waals surface area contributed by atoms with E-state index in [-0.39, 0.29) is 6.10 Å². The maximum Gasteiger partial charge on any atom is 0.227 e. The van der Waals surface area contributed by atoms with Crippen molar-refractivity contribution in [1.82, 2.24) is 40.1 Å². The van der Waals surface area contributed by atoms with Crippen LogP contribution in [0, 0.1) is 6.92 Å². The molecule has 13 heteroatoms. The predicted molar refractivity (Wildman–Crippen MR) is 158 cm³/mol. The molecule has 0 amide bonds. The van der Waals surface area contributed by atoms with Crippen LogP contribution < -0.4 is 19.7 Å². The fraction of sp³-hybridized carbons (Fsp3) is 0.276. The molecule has 1 atom stereocenters. The third kappa shape index (κ3) is 6.08. The predicted octanol–water partition coefficient (Wildman–Crippen LogP) is 4.66. The second-order valence-corrected chi connectivity index (χ2v) is 10.4. The first kappa shape index (κ1) is 27.3. The third-order valence-corrected chi connectivity index (χ3v) is 7.26. The number of methoxy groups -OCH3 is 1. The van der Waals surface area contributed by atoms with Crippen LogP contribution in [0.4, 0.5) is 17.5 Å². The first-order chi connectivity index (χ1) is 20.4. The van der Waals surface area contributed by atoms with Crippen molar-refractivity contribution in [3.63, 3.8) is 0 Å². The van der Waals surface area contributed by atoms with Gasteiger partial charge in [0.25, 0.3) is 0 Å². The molecule has 214 valence electrons. The normalized spacial score (nSPS) is 13.4. The van der Waals surface area contributed by atoms with Gasteiger partial charge in [-0.25, -0.2) is 24.6 Å². The largest absolute Gasteiger partial charge is 0.495 e. The summed E-state index contributed by atoms with van der Waals surface area (Å²) in [6.45, 7) is 5.93. The number of tetrazole rings is 1. The molecule has 1 N–H and O–H groups in total. The number of hydrogen-bond donors (Lipinski definition) is 1. The van der Waals surface area contributed by atoms with Gasteiger partial charge in [-0.15, -0.1) is 5.10 Å². The van der Waals surface area contributed by atoms with E-state index in [9.17, 15) is 0 Å². The van der Waals surface area contributed by atoms with Gasteiger partial charge in [0.2, 0.25) is 5.95 Å². The first-order valence-corrected chi connectivity index (χ1v) is 13.8. The fourth-order valence-electron chi connectivity index (χ4n) is 4.89. The first-order valence-electron chi connectivity index (χ1n) is 13.5. The average Bonchev–Trinajstić information content (AvgIpc) is 3.51. The number of fused-ring (bicyclic) bond motifs is 1. The Morgan fingerprint density at radius 1 is 1.02 bits per heavy atom. The Morgan fingerprint density at radius 3 is 2.64 bits per heavy atom. The molecule has 42 heavy (non-hydrogen) atoms. The summed E-state index contributed by atoms with van der Waals surface area (Å²) in [4.78, 5) is 20.2. The summed E-state index contributed by atoms with van der Waals surface area (Å²) in [6.07, 6.45) is 7.55. The second-order valence-electron chi connectivity index (χ2n) is 9.98. The Labute approximate surface area is 247 Å². The maximum atomic E-state index is 6.42. The van der Waals surface area contributed by atoms with Crippen LogP contribution in [0.15, 0.2) is 61.3 Å². The molecule has 0 radical (unpaired) electrons. The van der Waals surface area contributed by atoms with Crippen molar-refractivity contribution in [2.45, 2.75) is 39.5 Å². The molecule has 2 aromatic carbocycles. The SMILES string of the molecule is COc1cc2c(cc1Nc1ncc(-c3ccc(Cl)c(O[C@@H](C)Cn4cnnn4)c3)cn1)CN(c1ccnc(C)n1)CC2. The number of rotatable bonds is 9. The van der Waals surface area contributed by atoms with Crippen molar-refractivity contribution in [3.8, 4) is 22.6 Å². The van der Waals surface area contributed by atoms with E-state index < -0.39 is 0 Å². The number of nitrogens with one attached hydrogen (secondary N) is 1.